The lowest BCUT2D eigenvalue weighted by molar-refractivity contribution is 1.18. The molecule has 51 heavy (non-hydrogen) atoms. The highest BCUT2D eigenvalue weighted by molar-refractivity contribution is 7.25. The molecule has 0 bridgehead atoms. The summed E-state index contributed by atoms with van der Waals surface area (Å²) in [6.07, 6.45) is 0. The number of hydrogen-bond acceptors (Lipinski definition) is 2. The van der Waals surface area contributed by atoms with Gasteiger partial charge in [0, 0.05) is 63.4 Å². The molecule has 0 saturated carbocycles. The van der Waals surface area contributed by atoms with Gasteiger partial charge in [-0.25, -0.2) is 0 Å². The SMILES string of the molecule is Clc1cc(Cl)cc(-c2ccc(N(c3ccccc3)c3ccc4c5ccccc5n(-c5ccc6sc7ccccc7c6c5)c4c3)c3ccccc23)c1. The molecule has 0 aliphatic heterocycles. The minimum absolute atomic E-state index is 0.617. The van der Waals surface area contributed by atoms with E-state index in [-0.39, 0.29) is 0 Å². The number of benzene rings is 8. The second-order valence-corrected chi connectivity index (χ2v) is 14.8. The fraction of sp³-hybridized carbons (Fsp3) is 0. The van der Waals surface area contributed by atoms with Crippen LogP contribution in [-0.2, 0) is 0 Å². The first-order valence-corrected chi connectivity index (χ1v) is 18.5. The number of thiophene rings is 1. The van der Waals surface area contributed by atoms with E-state index in [0.29, 0.717) is 10.0 Å². The van der Waals surface area contributed by atoms with Crippen molar-refractivity contribution in [1.29, 1.82) is 0 Å². The van der Waals surface area contributed by atoms with Crippen LogP contribution in [0.15, 0.2) is 170 Å². The Kier molecular flexibility index (Phi) is 7.14. The number of hydrogen-bond donors (Lipinski definition) is 0. The molecule has 2 aromatic heterocycles. The summed E-state index contributed by atoms with van der Waals surface area (Å²) < 4.78 is 5.03. The molecule has 242 valence electrons. The molecule has 0 spiro atoms. The fourth-order valence-electron chi connectivity index (χ4n) is 7.67. The van der Waals surface area contributed by atoms with Crippen molar-refractivity contribution in [3.05, 3.63) is 180 Å². The third-order valence-electron chi connectivity index (χ3n) is 9.86. The Morgan fingerprint density at radius 2 is 1.10 bits per heavy atom. The largest absolute Gasteiger partial charge is 0.310 e. The molecule has 0 aliphatic carbocycles. The van der Waals surface area contributed by atoms with E-state index in [2.05, 4.69) is 161 Å². The van der Waals surface area contributed by atoms with Crippen molar-refractivity contribution in [3.8, 4) is 16.8 Å². The summed E-state index contributed by atoms with van der Waals surface area (Å²) in [5, 5.41) is 8.52. The maximum atomic E-state index is 6.48. The first kappa shape index (κ1) is 30.3. The van der Waals surface area contributed by atoms with Gasteiger partial charge in [0.15, 0.2) is 0 Å². The van der Waals surface area contributed by atoms with Crippen LogP contribution in [0.3, 0.4) is 0 Å². The maximum absolute atomic E-state index is 6.48. The summed E-state index contributed by atoms with van der Waals surface area (Å²) in [7, 11) is 0. The Labute approximate surface area is 308 Å². The third kappa shape index (κ3) is 5.00. The molecule has 0 fully saturated rings. The van der Waals surface area contributed by atoms with Crippen molar-refractivity contribution in [2.24, 2.45) is 0 Å². The van der Waals surface area contributed by atoms with Gasteiger partial charge in [0.05, 0.1) is 16.7 Å². The lowest BCUT2D eigenvalue weighted by Crippen LogP contribution is -2.10. The summed E-state index contributed by atoms with van der Waals surface area (Å²) in [4.78, 5) is 2.37. The van der Waals surface area contributed by atoms with Gasteiger partial charge >= 0.3 is 0 Å². The summed E-state index contributed by atoms with van der Waals surface area (Å²) in [6, 6.07) is 60.5. The second kappa shape index (κ2) is 12.0. The van der Waals surface area contributed by atoms with E-state index in [1.807, 2.05) is 23.5 Å². The van der Waals surface area contributed by atoms with Crippen LogP contribution in [-0.4, -0.2) is 4.57 Å². The molecule has 0 unspecified atom stereocenters. The molecule has 10 aromatic rings. The van der Waals surface area contributed by atoms with Crippen molar-refractivity contribution in [2.45, 2.75) is 0 Å². The average Bonchev–Trinajstić information content (AvgIpc) is 3.70. The quantitative estimate of drug-likeness (QED) is 0.173. The summed E-state index contributed by atoms with van der Waals surface area (Å²) in [6.45, 7) is 0. The van der Waals surface area contributed by atoms with Gasteiger partial charge < -0.3 is 9.47 Å². The minimum atomic E-state index is 0.617. The third-order valence-corrected chi connectivity index (χ3v) is 11.5. The van der Waals surface area contributed by atoms with Crippen molar-refractivity contribution in [3.63, 3.8) is 0 Å². The molecule has 0 N–H and O–H groups in total. The zero-order valence-electron chi connectivity index (χ0n) is 27.2. The van der Waals surface area contributed by atoms with Crippen LogP contribution >= 0.6 is 34.5 Å². The molecule has 0 aliphatic rings. The van der Waals surface area contributed by atoms with E-state index in [0.717, 1.165) is 50.2 Å². The van der Waals surface area contributed by atoms with Gasteiger partial charge in [0.25, 0.3) is 0 Å². The molecule has 0 radical (unpaired) electrons. The first-order valence-electron chi connectivity index (χ1n) is 16.9. The van der Waals surface area contributed by atoms with Crippen molar-refractivity contribution < 1.29 is 0 Å². The van der Waals surface area contributed by atoms with Gasteiger partial charge in [0.2, 0.25) is 0 Å². The zero-order valence-corrected chi connectivity index (χ0v) is 29.6. The van der Waals surface area contributed by atoms with Crippen LogP contribution in [0.1, 0.15) is 0 Å². The van der Waals surface area contributed by atoms with E-state index < -0.39 is 0 Å². The lowest BCUT2D eigenvalue weighted by Gasteiger charge is -2.28. The predicted octanol–water partition coefficient (Wildman–Crippen LogP) is 14.7. The fourth-order valence-corrected chi connectivity index (χ4v) is 9.29. The van der Waals surface area contributed by atoms with Gasteiger partial charge in [-0.2, -0.15) is 0 Å². The Morgan fingerprint density at radius 1 is 0.431 bits per heavy atom. The van der Waals surface area contributed by atoms with Crippen LogP contribution in [0.25, 0.3) is 69.6 Å². The van der Waals surface area contributed by atoms with Crippen LogP contribution in [0, 0.1) is 0 Å². The molecule has 2 nitrogen and oxygen atoms in total. The molecule has 10 rings (SSSR count). The lowest BCUT2D eigenvalue weighted by atomic mass is 9.96. The molecule has 0 saturated heterocycles. The normalized spacial score (nSPS) is 11.7. The van der Waals surface area contributed by atoms with Gasteiger partial charge in [-0.3, -0.25) is 0 Å². The zero-order chi connectivity index (χ0) is 34.1. The molecular weight excluding hydrogens is 683 g/mol. The monoisotopic (exact) mass is 710 g/mol. The van der Waals surface area contributed by atoms with Gasteiger partial charge in [0.1, 0.15) is 0 Å². The number of halogens is 2. The van der Waals surface area contributed by atoms with Gasteiger partial charge in [-0.1, -0.05) is 114 Å². The first-order chi connectivity index (χ1) is 25.1. The number of rotatable bonds is 5. The van der Waals surface area contributed by atoms with Crippen molar-refractivity contribution in [2.75, 3.05) is 4.90 Å². The molecule has 0 amide bonds. The number of aromatic nitrogens is 1. The number of anilines is 3. The molecule has 2 heterocycles. The van der Waals surface area contributed by atoms with Crippen molar-refractivity contribution >= 4 is 104 Å². The molecule has 0 atom stereocenters. The van der Waals surface area contributed by atoms with Gasteiger partial charge in [-0.15, -0.1) is 11.3 Å². The average molecular weight is 712 g/mol. The van der Waals surface area contributed by atoms with E-state index in [4.69, 9.17) is 23.2 Å². The Hall–Kier alpha value is -5.58. The van der Waals surface area contributed by atoms with Crippen molar-refractivity contribution in [1.82, 2.24) is 4.57 Å². The maximum Gasteiger partial charge on any atom is 0.0561 e. The van der Waals surface area contributed by atoms with E-state index in [1.165, 1.54) is 36.5 Å². The second-order valence-electron chi connectivity index (χ2n) is 12.8. The topological polar surface area (TPSA) is 8.17 Å². The smallest absolute Gasteiger partial charge is 0.0561 e. The summed E-state index contributed by atoms with van der Waals surface area (Å²) in [5.41, 5.74) is 8.80. The highest BCUT2D eigenvalue weighted by Crippen LogP contribution is 2.45. The number of fused-ring (bicyclic) bond motifs is 7. The van der Waals surface area contributed by atoms with Crippen LogP contribution in [0.2, 0.25) is 10.0 Å². The summed E-state index contributed by atoms with van der Waals surface area (Å²) >= 11 is 14.8. The van der Waals surface area contributed by atoms with Crippen LogP contribution in [0.4, 0.5) is 17.1 Å². The molecule has 8 aromatic carbocycles. The molecular formula is C46H28Cl2N2S. The minimum Gasteiger partial charge on any atom is -0.310 e. The highest BCUT2D eigenvalue weighted by atomic mass is 35.5. The number of nitrogens with zero attached hydrogens (tertiary/aromatic N) is 2. The van der Waals surface area contributed by atoms with Crippen LogP contribution in [0.5, 0.6) is 0 Å². The van der Waals surface area contributed by atoms with E-state index >= 15 is 0 Å². The standard InChI is InChI=1S/C46H28Cl2N2S/c47-30-24-29(25-31(48)26-30)35-21-22-43(37-13-5-4-12-36(35)37)49(32-10-2-1-3-11-32)34-18-20-39-38-14-6-8-16-42(38)50(44(39)28-34)33-19-23-46-41(27-33)40-15-7-9-17-45(40)51-46/h1-28H. The van der Waals surface area contributed by atoms with Crippen LogP contribution < -0.4 is 4.90 Å². The van der Waals surface area contributed by atoms with E-state index in [9.17, 15) is 0 Å². The Bertz CT molecular complexity index is 2940. The highest BCUT2D eigenvalue weighted by Gasteiger charge is 2.20. The summed E-state index contributed by atoms with van der Waals surface area (Å²) in [5.74, 6) is 0. The predicted molar refractivity (Wildman–Crippen MR) is 221 cm³/mol. The molecule has 5 heteroatoms. The van der Waals surface area contributed by atoms with Gasteiger partial charge in [-0.05, 0) is 95.4 Å². The number of para-hydroxylation sites is 2. The van der Waals surface area contributed by atoms with E-state index in [1.54, 1.807) is 6.07 Å². The Morgan fingerprint density at radius 3 is 1.92 bits per heavy atom. The Balaban J connectivity index is 1.22.